The summed E-state index contributed by atoms with van der Waals surface area (Å²) >= 11 is 0. The molecule has 0 aromatic rings. The summed E-state index contributed by atoms with van der Waals surface area (Å²) in [5, 5.41) is 15.6. The zero-order valence-corrected chi connectivity index (χ0v) is 16.3. The Morgan fingerprint density at radius 3 is 1.05 bits per heavy atom. The quantitative estimate of drug-likeness (QED) is 0.669. The summed E-state index contributed by atoms with van der Waals surface area (Å²) in [7, 11) is 0. The normalized spacial score (nSPS) is 9.14. The second-order valence-corrected chi connectivity index (χ2v) is 5.09. The third kappa shape index (κ3) is 65.1. The first kappa shape index (κ1) is 29.0. The van der Waals surface area contributed by atoms with Crippen molar-refractivity contribution in [2.24, 2.45) is 0 Å². The van der Waals surface area contributed by atoms with Crippen LogP contribution in [-0.4, -0.2) is 47.5 Å². The number of rotatable bonds is 7. The summed E-state index contributed by atoms with van der Waals surface area (Å²) in [5.41, 5.74) is 0. The Morgan fingerprint density at radius 1 is 0.714 bits per heavy atom. The van der Waals surface area contributed by atoms with Crippen molar-refractivity contribution in [2.45, 2.75) is 93.6 Å². The molecule has 0 bridgehead atoms. The van der Waals surface area contributed by atoms with Crippen LogP contribution in [0.1, 0.15) is 87.5 Å². The molecule has 0 amide bonds. The highest BCUT2D eigenvalue weighted by Gasteiger charge is 1.89. The molecule has 3 heteroatoms. The number of nitrogens with zero attached hydrogens (tertiary/aromatic N) is 1. The number of hydrogen-bond donors (Lipinski definition) is 2. The fraction of sp³-hybridized carbons (Fsp3) is 1.00. The molecule has 0 spiro atoms. The molecule has 2 N–H and O–H groups in total. The Hall–Kier alpha value is -0.120. The summed E-state index contributed by atoms with van der Waals surface area (Å²) in [6.07, 6.45) is 6.84. The van der Waals surface area contributed by atoms with Crippen LogP contribution in [0.5, 0.6) is 0 Å². The van der Waals surface area contributed by atoms with Gasteiger partial charge in [0.05, 0.1) is 0 Å². The Labute approximate surface area is 135 Å². The van der Waals surface area contributed by atoms with E-state index in [1.54, 1.807) is 20.8 Å². The summed E-state index contributed by atoms with van der Waals surface area (Å²) in [5.74, 6) is 0. The van der Waals surface area contributed by atoms with Crippen LogP contribution >= 0.6 is 0 Å². The van der Waals surface area contributed by atoms with Crippen molar-refractivity contribution in [3.63, 3.8) is 0 Å². The Balaban J connectivity index is -0.0000000973. The minimum Gasteiger partial charge on any atom is -0.397 e. The molecular weight excluding hydrogens is 262 g/mol. The lowest BCUT2D eigenvalue weighted by Gasteiger charge is -2.13. The lowest BCUT2D eigenvalue weighted by atomic mass is 10.2. The highest BCUT2D eigenvalue weighted by molar-refractivity contribution is 4.43. The van der Waals surface area contributed by atoms with Crippen LogP contribution in [0.15, 0.2) is 0 Å². The van der Waals surface area contributed by atoms with Crippen LogP contribution in [0.4, 0.5) is 0 Å². The van der Waals surface area contributed by atoms with E-state index in [1.807, 2.05) is 0 Å². The Morgan fingerprint density at radius 2 is 0.952 bits per heavy atom. The number of aliphatic hydroxyl groups is 2. The maximum Gasteiger partial charge on any atom is 0.0483 e. The zero-order chi connectivity index (χ0) is 17.5. The van der Waals surface area contributed by atoms with Crippen LogP contribution in [0, 0.1) is 0 Å². The second-order valence-electron chi connectivity index (χ2n) is 5.09. The van der Waals surface area contributed by atoms with Gasteiger partial charge in [-0.3, -0.25) is 0 Å². The van der Waals surface area contributed by atoms with Gasteiger partial charge in [0.25, 0.3) is 0 Å². The minimum atomic E-state index is -0.167. The van der Waals surface area contributed by atoms with E-state index in [-0.39, 0.29) is 12.7 Å². The summed E-state index contributed by atoms with van der Waals surface area (Å²) in [4.78, 5) is 2.38. The van der Waals surface area contributed by atoms with Crippen molar-refractivity contribution in [3.05, 3.63) is 0 Å². The molecule has 0 aliphatic rings. The second kappa shape index (κ2) is 32.0. The van der Waals surface area contributed by atoms with Crippen LogP contribution in [0.25, 0.3) is 0 Å². The van der Waals surface area contributed by atoms with Gasteiger partial charge in [-0.05, 0) is 40.4 Å². The van der Waals surface area contributed by atoms with E-state index < -0.39 is 0 Å². The van der Waals surface area contributed by atoms with Gasteiger partial charge in [0.1, 0.15) is 0 Å². The molecule has 0 aromatic carbocycles. The van der Waals surface area contributed by atoms with Crippen molar-refractivity contribution in [2.75, 3.05) is 26.2 Å². The van der Waals surface area contributed by atoms with Gasteiger partial charge in [-0.2, -0.15) is 0 Å². The van der Waals surface area contributed by atoms with Crippen molar-refractivity contribution in [1.29, 1.82) is 0 Å². The van der Waals surface area contributed by atoms with Crippen LogP contribution in [0.3, 0.4) is 0 Å². The summed E-state index contributed by atoms with van der Waals surface area (Å²) < 4.78 is 0. The molecule has 0 saturated heterocycles. The molecule has 134 valence electrons. The van der Waals surface area contributed by atoms with E-state index >= 15 is 0 Å². The predicted octanol–water partition coefficient (Wildman–Crippen LogP) is 4.71. The maximum atomic E-state index is 8.06. The first-order valence-corrected chi connectivity index (χ1v) is 8.92. The lowest BCUT2D eigenvalue weighted by Crippen LogP contribution is -2.21. The smallest absolute Gasteiger partial charge is 0.0483 e. The van der Waals surface area contributed by atoms with E-state index in [4.69, 9.17) is 10.2 Å². The van der Waals surface area contributed by atoms with Crippen LogP contribution in [-0.2, 0) is 0 Å². The Kier molecular flexibility index (Phi) is 44.1. The standard InChI is InChI=1S/C7H16.C6H15N.C3H8O.C2H6O/c1-3-5-7-6-4-2;1-4-7(5-2)6-3;1-3(2)4;1-2-3/h3-7H2,1-2H3;4-6H2,1-3H3;3-4H,1-2H3;3H,2H2,1H3. The molecule has 0 heterocycles. The highest BCUT2D eigenvalue weighted by atomic mass is 16.3. The monoisotopic (exact) mass is 307 g/mol. The zero-order valence-electron chi connectivity index (χ0n) is 16.3. The molecule has 0 rings (SSSR count). The summed E-state index contributed by atoms with van der Waals surface area (Å²) in [6.45, 7) is 20.0. The first-order valence-electron chi connectivity index (χ1n) is 8.92. The van der Waals surface area contributed by atoms with Gasteiger partial charge in [0, 0.05) is 12.7 Å². The summed E-state index contributed by atoms with van der Waals surface area (Å²) in [6, 6.07) is 0. The molecule has 0 aliphatic heterocycles. The molecule has 0 fully saturated rings. The van der Waals surface area contributed by atoms with Gasteiger partial charge in [-0.25, -0.2) is 0 Å². The molecule has 0 radical (unpaired) electrons. The van der Waals surface area contributed by atoms with Gasteiger partial charge in [0.2, 0.25) is 0 Å². The lowest BCUT2D eigenvalue weighted by molar-refractivity contribution is 0.216. The van der Waals surface area contributed by atoms with Crippen molar-refractivity contribution in [3.8, 4) is 0 Å². The van der Waals surface area contributed by atoms with E-state index in [9.17, 15) is 0 Å². The van der Waals surface area contributed by atoms with Gasteiger partial charge in [0.15, 0.2) is 0 Å². The minimum absolute atomic E-state index is 0.167. The number of aliphatic hydroxyl groups excluding tert-OH is 2. The average molecular weight is 308 g/mol. The third-order valence-electron chi connectivity index (χ3n) is 2.55. The van der Waals surface area contributed by atoms with Gasteiger partial charge < -0.3 is 15.1 Å². The van der Waals surface area contributed by atoms with Crippen LogP contribution in [0.2, 0.25) is 0 Å². The molecule has 3 nitrogen and oxygen atoms in total. The third-order valence-corrected chi connectivity index (χ3v) is 2.55. The molecule has 0 unspecified atom stereocenters. The fourth-order valence-corrected chi connectivity index (χ4v) is 1.35. The van der Waals surface area contributed by atoms with E-state index in [1.165, 1.54) is 51.7 Å². The van der Waals surface area contributed by atoms with Crippen molar-refractivity contribution < 1.29 is 10.2 Å². The fourth-order valence-electron chi connectivity index (χ4n) is 1.35. The maximum absolute atomic E-state index is 8.06. The Bertz CT molecular complexity index is 114. The van der Waals surface area contributed by atoms with Gasteiger partial charge >= 0.3 is 0 Å². The van der Waals surface area contributed by atoms with E-state index in [2.05, 4.69) is 39.5 Å². The average Bonchev–Trinajstić information content (AvgIpc) is 2.42. The molecular formula is C18H45NO2. The van der Waals surface area contributed by atoms with Crippen molar-refractivity contribution in [1.82, 2.24) is 4.90 Å². The molecule has 0 saturated carbocycles. The molecule has 0 atom stereocenters. The van der Waals surface area contributed by atoms with Gasteiger partial charge in [-0.1, -0.05) is 66.7 Å². The highest BCUT2D eigenvalue weighted by Crippen LogP contribution is 2.00. The molecule has 0 aliphatic carbocycles. The van der Waals surface area contributed by atoms with E-state index in [0.29, 0.717) is 0 Å². The largest absolute Gasteiger partial charge is 0.397 e. The topological polar surface area (TPSA) is 43.7 Å². The van der Waals surface area contributed by atoms with Gasteiger partial charge in [-0.15, -0.1) is 0 Å². The number of unbranched alkanes of at least 4 members (excludes halogenated alkanes) is 4. The molecule has 0 aromatic heterocycles. The van der Waals surface area contributed by atoms with Crippen LogP contribution < -0.4 is 0 Å². The molecule has 21 heavy (non-hydrogen) atoms. The first-order chi connectivity index (χ1) is 9.91. The number of hydrogen-bond acceptors (Lipinski definition) is 3. The van der Waals surface area contributed by atoms with Crippen molar-refractivity contribution >= 4 is 0 Å². The van der Waals surface area contributed by atoms with E-state index in [0.717, 1.165) is 0 Å². The SMILES string of the molecule is CC(C)O.CCCCCCC.CCN(CC)CC.CCO. The predicted molar refractivity (Wildman–Crippen MR) is 98.0 cm³/mol.